The fourth-order valence-electron chi connectivity index (χ4n) is 2.47. The highest BCUT2D eigenvalue weighted by Crippen LogP contribution is 2.42. The maximum atomic E-state index is 5.85. The molecule has 0 aromatic carbocycles. The molecule has 0 amide bonds. The minimum atomic E-state index is -0.591. The van der Waals surface area contributed by atoms with E-state index in [9.17, 15) is 0 Å². The number of rotatable bonds is 0. The van der Waals surface area contributed by atoms with Crippen molar-refractivity contribution < 1.29 is 23.7 Å². The van der Waals surface area contributed by atoms with Crippen LogP contribution in [0.3, 0.4) is 0 Å². The summed E-state index contributed by atoms with van der Waals surface area (Å²) in [6.45, 7) is 8.09. The van der Waals surface area contributed by atoms with Gasteiger partial charge in [0.15, 0.2) is 17.9 Å². The van der Waals surface area contributed by atoms with Gasteiger partial charge in [-0.2, -0.15) is 0 Å². The number of hydrogen-bond donors (Lipinski definition) is 0. The average molecular weight is 230 g/mol. The van der Waals surface area contributed by atoms with Crippen LogP contribution in [0.5, 0.6) is 0 Å². The second-order valence-electron chi connectivity index (χ2n) is 5.44. The molecule has 3 aliphatic rings. The van der Waals surface area contributed by atoms with Crippen LogP contribution in [0, 0.1) is 0 Å². The predicted molar refractivity (Wildman–Crippen MR) is 53.6 cm³/mol. The normalized spacial score (nSPS) is 48.8. The molecular weight excluding hydrogens is 212 g/mol. The van der Waals surface area contributed by atoms with Gasteiger partial charge in [0.25, 0.3) is 0 Å². The van der Waals surface area contributed by atoms with E-state index in [0.717, 1.165) is 0 Å². The molecule has 0 saturated carbocycles. The lowest BCUT2D eigenvalue weighted by Gasteiger charge is -2.38. The Morgan fingerprint density at radius 2 is 1.56 bits per heavy atom. The summed E-state index contributed by atoms with van der Waals surface area (Å²) in [5.41, 5.74) is 0. The number of fused-ring (bicyclic) bond motifs is 3. The minimum absolute atomic E-state index is 0.0841. The second-order valence-corrected chi connectivity index (χ2v) is 5.44. The number of hydrogen-bond acceptors (Lipinski definition) is 5. The van der Waals surface area contributed by atoms with Gasteiger partial charge in [0.05, 0.1) is 6.61 Å². The summed E-state index contributed by atoms with van der Waals surface area (Å²) < 4.78 is 28.6. The highest BCUT2D eigenvalue weighted by atomic mass is 16.9. The van der Waals surface area contributed by atoms with Crippen LogP contribution in [-0.2, 0) is 23.7 Å². The van der Waals surface area contributed by atoms with Crippen LogP contribution in [0.25, 0.3) is 0 Å². The molecule has 3 aliphatic heterocycles. The first kappa shape index (κ1) is 10.9. The molecule has 3 fully saturated rings. The van der Waals surface area contributed by atoms with Gasteiger partial charge in [0.1, 0.15) is 18.3 Å². The van der Waals surface area contributed by atoms with E-state index in [-0.39, 0.29) is 24.6 Å². The first-order chi connectivity index (χ1) is 7.36. The topological polar surface area (TPSA) is 46.2 Å². The van der Waals surface area contributed by atoms with Crippen molar-refractivity contribution in [1.82, 2.24) is 0 Å². The Morgan fingerprint density at radius 1 is 0.875 bits per heavy atom. The van der Waals surface area contributed by atoms with Crippen LogP contribution >= 0.6 is 0 Å². The van der Waals surface area contributed by atoms with Crippen LogP contribution < -0.4 is 0 Å². The summed E-state index contributed by atoms with van der Waals surface area (Å²) in [6, 6.07) is 0. The fraction of sp³-hybridized carbons (Fsp3) is 1.00. The first-order valence-corrected chi connectivity index (χ1v) is 5.69. The molecule has 3 heterocycles. The van der Waals surface area contributed by atoms with E-state index >= 15 is 0 Å². The van der Waals surface area contributed by atoms with E-state index in [1.807, 2.05) is 27.7 Å². The zero-order valence-corrected chi connectivity index (χ0v) is 10.1. The summed E-state index contributed by atoms with van der Waals surface area (Å²) in [5.74, 6) is -1.17. The Kier molecular flexibility index (Phi) is 2.17. The third-order valence-corrected chi connectivity index (χ3v) is 3.10. The van der Waals surface area contributed by atoms with Crippen LogP contribution in [0.15, 0.2) is 0 Å². The van der Waals surface area contributed by atoms with Gasteiger partial charge >= 0.3 is 0 Å². The van der Waals surface area contributed by atoms with Crippen molar-refractivity contribution in [3.63, 3.8) is 0 Å². The van der Waals surface area contributed by atoms with Crippen molar-refractivity contribution in [2.75, 3.05) is 6.61 Å². The summed E-state index contributed by atoms with van der Waals surface area (Å²) in [6.07, 6.45) is -0.666. The van der Waals surface area contributed by atoms with Crippen LogP contribution in [0.1, 0.15) is 27.7 Å². The van der Waals surface area contributed by atoms with Gasteiger partial charge in [-0.25, -0.2) is 0 Å². The maximum Gasteiger partial charge on any atom is 0.190 e. The summed E-state index contributed by atoms with van der Waals surface area (Å²) in [7, 11) is 0. The van der Waals surface area contributed by atoms with E-state index in [0.29, 0.717) is 6.61 Å². The molecule has 0 radical (unpaired) electrons. The van der Waals surface area contributed by atoms with E-state index in [1.165, 1.54) is 0 Å². The standard InChI is InChI=1S/C11H18O5/c1-10(2)12-5-6-7(14-10)8-9(13-6)16-11(3,4)15-8/h6-9H,5H2,1-4H3/t6-,7+,8?,9-/m1/s1. The lowest BCUT2D eigenvalue weighted by molar-refractivity contribution is -0.319. The van der Waals surface area contributed by atoms with Crippen molar-refractivity contribution in [2.24, 2.45) is 0 Å². The second kappa shape index (κ2) is 3.17. The molecule has 1 unspecified atom stereocenters. The van der Waals surface area contributed by atoms with E-state index in [2.05, 4.69) is 0 Å². The molecule has 0 bridgehead atoms. The largest absolute Gasteiger partial charge is 0.348 e. The molecule has 0 aromatic heterocycles. The van der Waals surface area contributed by atoms with Crippen molar-refractivity contribution in [2.45, 2.75) is 63.9 Å². The Labute approximate surface area is 94.9 Å². The van der Waals surface area contributed by atoms with E-state index < -0.39 is 11.6 Å². The molecule has 3 saturated heterocycles. The van der Waals surface area contributed by atoms with Crippen molar-refractivity contribution in [1.29, 1.82) is 0 Å². The predicted octanol–water partition coefficient (Wildman–Crippen LogP) is 1.01. The molecule has 0 spiro atoms. The summed E-state index contributed by atoms with van der Waals surface area (Å²) in [4.78, 5) is 0. The molecule has 5 heteroatoms. The Balaban J connectivity index is 1.78. The van der Waals surface area contributed by atoms with Gasteiger partial charge in [0.2, 0.25) is 0 Å². The van der Waals surface area contributed by atoms with E-state index in [4.69, 9.17) is 23.7 Å². The highest BCUT2D eigenvalue weighted by molar-refractivity contribution is 4.96. The Bertz CT molecular complexity index is 301. The SMILES string of the molecule is CC1(C)OC2[C@H](O[C@@H]3COC(C)(C)O[C@H]23)O1. The van der Waals surface area contributed by atoms with Crippen molar-refractivity contribution >= 4 is 0 Å². The van der Waals surface area contributed by atoms with Crippen LogP contribution in [0.4, 0.5) is 0 Å². The van der Waals surface area contributed by atoms with Gasteiger partial charge in [-0.15, -0.1) is 0 Å². The monoisotopic (exact) mass is 230 g/mol. The molecule has 5 nitrogen and oxygen atoms in total. The highest BCUT2D eigenvalue weighted by Gasteiger charge is 2.58. The minimum Gasteiger partial charge on any atom is -0.348 e. The molecule has 3 rings (SSSR count). The average Bonchev–Trinajstić information content (AvgIpc) is 2.57. The number of ether oxygens (including phenoxy) is 5. The van der Waals surface area contributed by atoms with Gasteiger partial charge in [-0.1, -0.05) is 0 Å². The Morgan fingerprint density at radius 3 is 2.31 bits per heavy atom. The zero-order valence-electron chi connectivity index (χ0n) is 10.1. The van der Waals surface area contributed by atoms with Crippen molar-refractivity contribution in [3.05, 3.63) is 0 Å². The molecular formula is C11H18O5. The van der Waals surface area contributed by atoms with Gasteiger partial charge < -0.3 is 23.7 Å². The molecule has 0 aromatic rings. The molecule has 16 heavy (non-hydrogen) atoms. The van der Waals surface area contributed by atoms with E-state index in [1.54, 1.807) is 0 Å². The molecule has 4 atom stereocenters. The quantitative estimate of drug-likeness (QED) is 0.621. The lowest BCUT2D eigenvalue weighted by Crippen LogP contribution is -2.50. The van der Waals surface area contributed by atoms with Gasteiger partial charge in [0, 0.05) is 0 Å². The smallest absolute Gasteiger partial charge is 0.190 e. The van der Waals surface area contributed by atoms with Crippen LogP contribution in [0.2, 0.25) is 0 Å². The maximum absolute atomic E-state index is 5.85. The van der Waals surface area contributed by atoms with Gasteiger partial charge in [-0.3, -0.25) is 0 Å². The molecule has 0 aliphatic carbocycles. The summed E-state index contributed by atoms with van der Waals surface area (Å²) >= 11 is 0. The molecule has 0 N–H and O–H groups in total. The third-order valence-electron chi connectivity index (χ3n) is 3.10. The first-order valence-electron chi connectivity index (χ1n) is 5.69. The summed E-state index contributed by atoms with van der Waals surface area (Å²) in [5, 5.41) is 0. The lowest BCUT2D eigenvalue weighted by atomic mass is 10.1. The van der Waals surface area contributed by atoms with Crippen molar-refractivity contribution in [3.8, 4) is 0 Å². The van der Waals surface area contributed by atoms with Crippen LogP contribution in [-0.4, -0.2) is 42.8 Å². The Hall–Kier alpha value is -0.200. The third kappa shape index (κ3) is 1.67. The fourth-order valence-corrected chi connectivity index (χ4v) is 2.47. The molecule has 92 valence electrons. The van der Waals surface area contributed by atoms with Gasteiger partial charge in [-0.05, 0) is 27.7 Å². The zero-order chi connectivity index (χ0) is 11.6.